The van der Waals surface area contributed by atoms with Gasteiger partial charge in [-0.1, -0.05) is 51.6 Å². The molecule has 1 aromatic carbocycles. The van der Waals surface area contributed by atoms with Crippen LogP contribution in [-0.2, 0) is 11.3 Å². The third-order valence-electron chi connectivity index (χ3n) is 5.43. The Morgan fingerprint density at radius 2 is 1.76 bits per heavy atom. The third-order valence-corrected chi connectivity index (χ3v) is 7.50. The molecular formula is C25H35N5O2S2. The molecule has 0 bridgehead atoms. The van der Waals surface area contributed by atoms with Crippen LogP contribution >= 0.6 is 23.1 Å². The van der Waals surface area contributed by atoms with Gasteiger partial charge in [-0.15, -0.1) is 21.5 Å². The summed E-state index contributed by atoms with van der Waals surface area (Å²) in [5, 5.41) is 12.8. The van der Waals surface area contributed by atoms with Crippen LogP contribution in [0.15, 0.2) is 29.4 Å². The Bertz CT molecular complexity index is 1090. The van der Waals surface area contributed by atoms with Crippen molar-refractivity contribution in [1.29, 1.82) is 0 Å². The van der Waals surface area contributed by atoms with Crippen LogP contribution in [0.4, 0.5) is 5.13 Å². The smallest absolute Gasteiger partial charge is 0.239 e. The van der Waals surface area contributed by atoms with Gasteiger partial charge in [0.15, 0.2) is 22.2 Å². The number of carbonyl (C=O) groups excluding carboxylic acids is 1. The van der Waals surface area contributed by atoms with Gasteiger partial charge in [0.2, 0.25) is 5.91 Å². The van der Waals surface area contributed by atoms with Crippen LogP contribution in [0.1, 0.15) is 75.5 Å². The fourth-order valence-electron chi connectivity index (χ4n) is 3.36. The number of rotatable bonds is 10. The molecule has 0 saturated heterocycles. The highest BCUT2D eigenvalue weighted by atomic mass is 32.2. The average Bonchev–Trinajstić information content (AvgIpc) is 3.29. The average molecular weight is 502 g/mol. The highest BCUT2D eigenvalue weighted by Crippen LogP contribution is 2.29. The minimum atomic E-state index is -0.354. The minimum absolute atomic E-state index is 0.103. The monoisotopic (exact) mass is 501 g/mol. The Balaban J connectivity index is 1.73. The topological polar surface area (TPSA) is 81.9 Å². The molecule has 0 saturated carbocycles. The van der Waals surface area contributed by atoms with Crippen LogP contribution in [0.25, 0.3) is 0 Å². The van der Waals surface area contributed by atoms with Crippen molar-refractivity contribution in [3.8, 4) is 5.75 Å². The Labute approximate surface area is 210 Å². The number of aromatic nitrogens is 4. The van der Waals surface area contributed by atoms with E-state index in [1.165, 1.54) is 28.7 Å². The number of anilines is 1. The van der Waals surface area contributed by atoms with Gasteiger partial charge in [0.25, 0.3) is 0 Å². The van der Waals surface area contributed by atoms with E-state index in [9.17, 15) is 4.79 Å². The Morgan fingerprint density at radius 3 is 2.32 bits per heavy atom. The van der Waals surface area contributed by atoms with E-state index in [2.05, 4.69) is 64.9 Å². The molecular weight excluding hydrogens is 466 g/mol. The van der Waals surface area contributed by atoms with E-state index in [1.54, 1.807) is 0 Å². The van der Waals surface area contributed by atoms with Crippen LogP contribution in [0.5, 0.6) is 5.75 Å². The quantitative estimate of drug-likeness (QED) is 0.324. The molecule has 7 nitrogen and oxygen atoms in total. The first-order valence-corrected chi connectivity index (χ1v) is 13.4. The number of hydrogen-bond donors (Lipinski definition) is 1. The van der Waals surface area contributed by atoms with Gasteiger partial charge in [-0.2, -0.15) is 0 Å². The van der Waals surface area contributed by atoms with Crippen LogP contribution in [0.2, 0.25) is 0 Å². The standard InChI is InChI=1S/C25H35N5O2S2/c1-14(2)13-30-22(17(6)32-21-11-9-20(10-12-21)15(3)4)28-29-25(30)34-19(8)23(31)27-24-26-16(5)18(7)33-24/h9-12,14-15,17,19H,13H2,1-8H3,(H,26,27,31). The molecule has 3 rings (SSSR count). The zero-order chi connectivity index (χ0) is 25.0. The second-order valence-corrected chi connectivity index (χ2v) is 11.8. The van der Waals surface area contributed by atoms with Crippen molar-refractivity contribution >= 4 is 34.1 Å². The van der Waals surface area contributed by atoms with E-state index >= 15 is 0 Å². The summed E-state index contributed by atoms with van der Waals surface area (Å²) in [6.07, 6.45) is -0.282. The summed E-state index contributed by atoms with van der Waals surface area (Å²) in [5.74, 6) is 2.31. The van der Waals surface area contributed by atoms with Gasteiger partial charge < -0.3 is 14.6 Å². The number of aryl methyl sites for hydroxylation is 2. The fraction of sp³-hybridized carbons (Fsp3) is 0.520. The maximum atomic E-state index is 12.8. The number of benzene rings is 1. The molecule has 1 amide bonds. The summed E-state index contributed by atoms with van der Waals surface area (Å²) in [7, 11) is 0. The molecule has 184 valence electrons. The molecule has 9 heteroatoms. The van der Waals surface area contributed by atoms with Gasteiger partial charge in [-0.25, -0.2) is 4.98 Å². The molecule has 34 heavy (non-hydrogen) atoms. The molecule has 0 radical (unpaired) electrons. The summed E-state index contributed by atoms with van der Waals surface area (Å²) >= 11 is 2.89. The zero-order valence-electron chi connectivity index (χ0n) is 21.2. The predicted molar refractivity (Wildman–Crippen MR) is 140 cm³/mol. The second-order valence-electron chi connectivity index (χ2n) is 9.24. The number of thiazole rings is 1. The molecule has 2 heterocycles. The SMILES string of the molecule is Cc1nc(NC(=O)C(C)Sc2nnc(C(C)Oc3ccc(C(C)C)cc3)n2CC(C)C)sc1C. The lowest BCUT2D eigenvalue weighted by molar-refractivity contribution is -0.115. The number of nitrogens with zero attached hydrogens (tertiary/aromatic N) is 4. The van der Waals surface area contributed by atoms with E-state index in [0.29, 0.717) is 22.1 Å². The molecule has 0 aliphatic carbocycles. The lowest BCUT2D eigenvalue weighted by Gasteiger charge is -2.19. The van der Waals surface area contributed by atoms with E-state index in [1.807, 2.05) is 39.8 Å². The molecule has 1 N–H and O–H groups in total. The highest BCUT2D eigenvalue weighted by molar-refractivity contribution is 8.00. The Morgan fingerprint density at radius 1 is 1.09 bits per heavy atom. The maximum absolute atomic E-state index is 12.8. The van der Waals surface area contributed by atoms with Crippen molar-refractivity contribution in [3.05, 3.63) is 46.2 Å². The van der Waals surface area contributed by atoms with Crippen molar-refractivity contribution in [2.45, 2.75) is 84.4 Å². The molecule has 0 aliphatic rings. The van der Waals surface area contributed by atoms with Crippen LogP contribution in [0, 0.1) is 19.8 Å². The maximum Gasteiger partial charge on any atom is 0.239 e. The van der Waals surface area contributed by atoms with Gasteiger partial charge in [0.05, 0.1) is 10.9 Å². The molecule has 2 aromatic heterocycles. The van der Waals surface area contributed by atoms with Gasteiger partial charge in [0, 0.05) is 11.4 Å². The van der Waals surface area contributed by atoms with E-state index < -0.39 is 0 Å². The number of ether oxygens (including phenoxy) is 1. The molecule has 0 spiro atoms. The first-order chi connectivity index (χ1) is 16.0. The van der Waals surface area contributed by atoms with Crippen molar-refractivity contribution in [1.82, 2.24) is 19.7 Å². The third kappa shape index (κ3) is 6.60. The van der Waals surface area contributed by atoms with Gasteiger partial charge >= 0.3 is 0 Å². The fourth-order valence-corrected chi connectivity index (χ4v) is 5.04. The van der Waals surface area contributed by atoms with Crippen LogP contribution < -0.4 is 10.1 Å². The van der Waals surface area contributed by atoms with Crippen LogP contribution in [-0.4, -0.2) is 30.9 Å². The first-order valence-electron chi connectivity index (χ1n) is 11.7. The summed E-state index contributed by atoms with van der Waals surface area (Å²) < 4.78 is 8.27. The van der Waals surface area contributed by atoms with Crippen molar-refractivity contribution in [2.24, 2.45) is 5.92 Å². The summed E-state index contributed by atoms with van der Waals surface area (Å²) in [6.45, 7) is 17.2. The van der Waals surface area contributed by atoms with Crippen molar-refractivity contribution in [3.63, 3.8) is 0 Å². The van der Waals surface area contributed by atoms with Gasteiger partial charge in [0.1, 0.15) is 5.75 Å². The van der Waals surface area contributed by atoms with Gasteiger partial charge in [-0.05, 0) is 57.2 Å². The number of nitrogens with one attached hydrogen (secondary N) is 1. The molecule has 0 aliphatic heterocycles. The number of amides is 1. The zero-order valence-corrected chi connectivity index (χ0v) is 22.9. The van der Waals surface area contributed by atoms with E-state index in [-0.39, 0.29) is 17.3 Å². The minimum Gasteiger partial charge on any atom is -0.483 e. The highest BCUT2D eigenvalue weighted by Gasteiger charge is 2.24. The largest absolute Gasteiger partial charge is 0.483 e. The summed E-state index contributed by atoms with van der Waals surface area (Å²) in [5.41, 5.74) is 2.21. The lowest BCUT2D eigenvalue weighted by Crippen LogP contribution is -2.23. The normalized spacial score (nSPS) is 13.4. The Kier molecular flexibility index (Phi) is 8.76. The predicted octanol–water partition coefficient (Wildman–Crippen LogP) is 6.39. The first kappa shape index (κ1) is 26.2. The number of carbonyl (C=O) groups is 1. The van der Waals surface area contributed by atoms with Crippen molar-refractivity contribution in [2.75, 3.05) is 5.32 Å². The number of thioether (sulfide) groups is 1. The summed E-state index contributed by atoms with van der Waals surface area (Å²) in [6, 6.07) is 8.19. The van der Waals surface area contributed by atoms with Crippen molar-refractivity contribution < 1.29 is 9.53 Å². The Hall–Kier alpha value is -2.39. The van der Waals surface area contributed by atoms with E-state index in [0.717, 1.165) is 28.7 Å². The summed E-state index contributed by atoms with van der Waals surface area (Å²) in [4.78, 5) is 18.3. The number of hydrogen-bond acceptors (Lipinski definition) is 7. The molecule has 2 unspecified atom stereocenters. The second kappa shape index (κ2) is 11.4. The molecule has 2 atom stereocenters. The van der Waals surface area contributed by atoms with Gasteiger partial charge in [-0.3, -0.25) is 4.79 Å². The lowest BCUT2D eigenvalue weighted by atomic mass is 10.0. The van der Waals surface area contributed by atoms with E-state index in [4.69, 9.17) is 4.74 Å². The molecule has 3 aromatic rings. The molecule has 0 fully saturated rings. The van der Waals surface area contributed by atoms with Crippen LogP contribution in [0.3, 0.4) is 0 Å².